The van der Waals surface area contributed by atoms with Gasteiger partial charge in [0.05, 0.1) is 5.92 Å². The van der Waals surface area contributed by atoms with Crippen molar-refractivity contribution in [3.05, 3.63) is 12.2 Å². The van der Waals surface area contributed by atoms with Gasteiger partial charge in [-0.2, -0.15) is 0 Å². The molecular formula is C11H18N2O. The molecular weight excluding hydrogens is 176 g/mol. The zero-order chi connectivity index (χ0) is 10.2. The molecule has 0 aromatic heterocycles. The number of amides is 1. The van der Waals surface area contributed by atoms with Crippen LogP contribution < -0.4 is 11.1 Å². The van der Waals surface area contributed by atoms with E-state index in [0.29, 0.717) is 0 Å². The van der Waals surface area contributed by atoms with Crippen LogP contribution in [0.3, 0.4) is 0 Å². The molecule has 0 aliphatic heterocycles. The van der Waals surface area contributed by atoms with E-state index in [9.17, 15) is 4.79 Å². The van der Waals surface area contributed by atoms with Crippen molar-refractivity contribution in [3.8, 4) is 0 Å². The molecule has 1 fully saturated rings. The summed E-state index contributed by atoms with van der Waals surface area (Å²) in [6.07, 6.45) is 8.08. The Hall–Kier alpha value is -0.830. The lowest BCUT2D eigenvalue weighted by Crippen LogP contribution is -2.52. The second-order valence-electron chi connectivity index (χ2n) is 4.79. The van der Waals surface area contributed by atoms with Gasteiger partial charge in [-0.15, -0.1) is 0 Å². The van der Waals surface area contributed by atoms with Crippen LogP contribution in [0.5, 0.6) is 0 Å². The maximum Gasteiger partial charge on any atom is 0.227 e. The first-order valence-electron chi connectivity index (χ1n) is 5.35. The third kappa shape index (κ3) is 1.82. The van der Waals surface area contributed by atoms with E-state index in [1.54, 1.807) is 0 Å². The van der Waals surface area contributed by atoms with Crippen LogP contribution in [0, 0.1) is 5.92 Å². The van der Waals surface area contributed by atoms with E-state index in [4.69, 9.17) is 5.73 Å². The third-order valence-electron chi connectivity index (χ3n) is 3.34. The van der Waals surface area contributed by atoms with Crippen LogP contribution in [-0.4, -0.2) is 17.5 Å². The van der Waals surface area contributed by atoms with Crippen molar-refractivity contribution in [3.63, 3.8) is 0 Å². The highest BCUT2D eigenvalue weighted by molar-refractivity contribution is 5.81. The summed E-state index contributed by atoms with van der Waals surface area (Å²) < 4.78 is 0. The Kier molecular flexibility index (Phi) is 2.35. The van der Waals surface area contributed by atoms with E-state index in [1.165, 1.54) is 6.42 Å². The lowest BCUT2D eigenvalue weighted by Gasteiger charge is -2.39. The summed E-state index contributed by atoms with van der Waals surface area (Å²) in [5.41, 5.74) is 5.77. The second kappa shape index (κ2) is 3.39. The summed E-state index contributed by atoms with van der Waals surface area (Å²) in [4.78, 5) is 11.8. The molecule has 1 amide bonds. The SMILES string of the molecule is CC1(NC(=O)C2C=CC(N)C2)CCC1. The Morgan fingerprint density at radius 2 is 2.21 bits per heavy atom. The van der Waals surface area contributed by atoms with Gasteiger partial charge < -0.3 is 11.1 Å². The summed E-state index contributed by atoms with van der Waals surface area (Å²) in [6, 6.07) is 0.0694. The molecule has 0 saturated heterocycles. The Morgan fingerprint density at radius 1 is 1.50 bits per heavy atom. The van der Waals surface area contributed by atoms with Gasteiger partial charge in [-0.25, -0.2) is 0 Å². The molecule has 3 nitrogen and oxygen atoms in total. The van der Waals surface area contributed by atoms with Crippen molar-refractivity contribution in [2.75, 3.05) is 0 Å². The molecule has 2 atom stereocenters. The summed E-state index contributed by atoms with van der Waals surface area (Å²) in [5.74, 6) is 0.152. The third-order valence-corrected chi connectivity index (χ3v) is 3.34. The first-order valence-corrected chi connectivity index (χ1v) is 5.35. The number of hydrogen-bond donors (Lipinski definition) is 2. The minimum Gasteiger partial charge on any atom is -0.350 e. The molecule has 3 heteroatoms. The van der Waals surface area contributed by atoms with Crippen LogP contribution in [0.25, 0.3) is 0 Å². The largest absolute Gasteiger partial charge is 0.350 e. The molecule has 0 aromatic rings. The Bertz CT molecular complexity index is 268. The highest BCUT2D eigenvalue weighted by Gasteiger charge is 2.35. The van der Waals surface area contributed by atoms with Crippen LogP contribution in [0.15, 0.2) is 12.2 Å². The van der Waals surface area contributed by atoms with Gasteiger partial charge in [0.1, 0.15) is 0 Å². The zero-order valence-electron chi connectivity index (χ0n) is 8.62. The lowest BCUT2D eigenvalue weighted by molar-refractivity contribution is -0.126. The van der Waals surface area contributed by atoms with E-state index in [0.717, 1.165) is 19.3 Å². The van der Waals surface area contributed by atoms with Crippen molar-refractivity contribution < 1.29 is 4.79 Å². The molecule has 78 valence electrons. The molecule has 1 saturated carbocycles. The van der Waals surface area contributed by atoms with Crippen LogP contribution in [-0.2, 0) is 4.79 Å². The zero-order valence-corrected chi connectivity index (χ0v) is 8.62. The van der Waals surface area contributed by atoms with Gasteiger partial charge >= 0.3 is 0 Å². The average Bonchev–Trinajstić information content (AvgIpc) is 2.49. The highest BCUT2D eigenvalue weighted by atomic mass is 16.2. The molecule has 2 aliphatic carbocycles. The Balaban J connectivity index is 1.87. The van der Waals surface area contributed by atoms with Crippen LogP contribution in [0.2, 0.25) is 0 Å². The molecule has 2 aliphatic rings. The quantitative estimate of drug-likeness (QED) is 0.643. The number of rotatable bonds is 2. The predicted octanol–water partition coefficient (Wildman–Crippen LogP) is 0.949. The van der Waals surface area contributed by atoms with E-state index in [1.807, 2.05) is 12.2 Å². The van der Waals surface area contributed by atoms with Crippen LogP contribution >= 0.6 is 0 Å². The molecule has 0 radical (unpaired) electrons. The predicted molar refractivity (Wildman–Crippen MR) is 55.6 cm³/mol. The number of carbonyl (C=O) groups is 1. The summed E-state index contributed by atoms with van der Waals surface area (Å²) >= 11 is 0. The van der Waals surface area contributed by atoms with Crippen molar-refractivity contribution in [2.24, 2.45) is 11.7 Å². The smallest absolute Gasteiger partial charge is 0.227 e. The Morgan fingerprint density at radius 3 is 2.64 bits per heavy atom. The van der Waals surface area contributed by atoms with Gasteiger partial charge in [0, 0.05) is 11.6 Å². The first-order chi connectivity index (χ1) is 6.59. The molecule has 0 aromatic carbocycles. The maximum absolute atomic E-state index is 11.8. The van der Waals surface area contributed by atoms with Crippen LogP contribution in [0.1, 0.15) is 32.6 Å². The number of hydrogen-bond acceptors (Lipinski definition) is 2. The van der Waals surface area contributed by atoms with E-state index in [-0.39, 0.29) is 23.4 Å². The van der Waals surface area contributed by atoms with E-state index in [2.05, 4.69) is 12.2 Å². The van der Waals surface area contributed by atoms with Crippen LogP contribution in [0.4, 0.5) is 0 Å². The van der Waals surface area contributed by atoms with Crippen molar-refractivity contribution in [2.45, 2.75) is 44.2 Å². The average molecular weight is 194 g/mol. The minimum absolute atomic E-state index is 0.00225. The van der Waals surface area contributed by atoms with Crippen molar-refractivity contribution in [1.82, 2.24) is 5.32 Å². The van der Waals surface area contributed by atoms with Gasteiger partial charge in [0.2, 0.25) is 5.91 Å². The first kappa shape index (κ1) is 9.71. The molecule has 3 N–H and O–H groups in total. The maximum atomic E-state index is 11.8. The fourth-order valence-corrected chi connectivity index (χ4v) is 2.14. The standard InChI is InChI=1S/C11H18N2O/c1-11(5-2-6-11)13-10(14)8-3-4-9(12)7-8/h3-4,8-9H,2,5-7,12H2,1H3,(H,13,14). The van der Waals surface area contributed by atoms with E-state index < -0.39 is 0 Å². The summed E-state index contributed by atoms with van der Waals surface area (Å²) in [5, 5.41) is 3.11. The number of nitrogens with one attached hydrogen (secondary N) is 1. The molecule has 2 unspecified atom stereocenters. The molecule has 2 rings (SSSR count). The Labute approximate surface area is 84.7 Å². The fraction of sp³-hybridized carbons (Fsp3) is 0.727. The van der Waals surface area contributed by atoms with Gasteiger partial charge in [-0.3, -0.25) is 4.79 Å². The molecule has 0 heterocycles. The van der Waals surface area contributed by atoms with Gasteiger partial charge in [0.15, 0.2) is 0 Å². The monoisotopic (exact) mass is 194 g/mol. The van der Waals surface area contributed by atoms with E-state index >= 15 is 0 Å². The minimum atomic E-state index is 0.00225. The van der Waals surface area contributed by atoms with Gasteiger partial charge in [-0.05, 0) is 32.6 Å². The summed E-state index contributed by atoms with van der Waals surface area (Å²) in [7, 11) is 0. The van der Waals surface area contributed by atoms with Gasteiger partial charge in [0.25, 0.3) is 0 Å². The topological polar surface area (TPSA) is 55.1 Å². The number of nitrogens with two attached hydrogens (primary N) is 1. The second-order valence-corrected chi connectivity index (χ2v) is 4.79. The molecule has 0 bridgehead atoms. The van der Waals surface area contributed by atoms with Gasteiger partial charge in [-0.1, -0.05) is 12.2 Å². The van der Waals surface area contributed by atoms with Crippen molar-refractivity contribution >= 4 is 5.91 Å². The summed E-state index contributed by atoms with van der Waals surface area (Å²) in [6.45, 7) is 2.12. The van der Waals surface area contributed by atoms with Crippen molar-refractivity contribution in [1.29, 1.82) is 0 Å². The number of carbonyl (C=O) groups excluding carboxylic acids is 1. The lowest BCUT2D eigenvalue weighted by atomic mass is 9.78. The highest BCUT2D eigenvalue weighted by Crippen LogP contribution is 2.31. The fourth-order valence-electron chi connectivity index (χ4n) is 2.14. The normalized spacial score (nSPS) is 33.9. The molecule has 14 heavy (non-hydrogen) atoms. The molecule has 0 spiro atoms.